The van der Waals surface area contributed by atoms with Crippen LogP contribution in [-0.4, -0.2) is 40.5 Å². The van der Waals surface area contributed by atoms with Gasteiger partial charge in [-0.1, -0.05) is 0 Å². The summed E-state index contributed by atoms with van der Waals surface area (Å²) >= 11 is 0. The first-order chi connectivity index (χ1) is 9.88. The third-order valence-corrected chi connectivity index (χ3v) is 3.37. The van der Waals surface area contributed by atoms with E-state index in [2.05, 4.69) is 10.4 Å². The van der Waals surface area contributed by atoms with Crippen molar-refractivity contribution in [1.29, 1.82) is 0 Å². The topological polar surface area (TPSA) is 82.5 Å². The highest BCUT2D eigenvalue weighted by Crippen LogP contribution is 2.22. The number of anilines is 1. The van der Waals surface area contributed by atoms with Gasteiger partial charge in [0.15, 0.2) is 5.60 Å². The van der Waals surface area contributed by atoms with Crippen LogP contribution in [0.25, 0.3) is 0 Å². The number of rotatable bonds is 4. The van der Waals surface area contributed by atoms with Crippen molar-refractivity contribution in [1.82, 2.24) is 9.78 Å². The average molecular weight is 295 g/mol. The van der Waals surface area contributed by atoms with Gasteiger partial charge in [0.2, 0.25) is 0 Å². The van der Waals surface area contributed by atoms with Crippen LogP contribution in [0, 0.1) is 0 Å². The summed E-state index contributed by atoms with van der Waals surface area (Å²) in [7, 11) is 0. The number of nitrogens with one attached hydrogen (secondary N) is 1. The summed E-state index contributed by atoms with van der Waals surface area (Å²) in [5, 5.41) is 6.99. The molecule has 2 heterocycles. The van der Waals surface area contributed by atoms with Gasteiger partial charge in [-0.25, -0.2) is 0 Å². The minimum Gasteiger partial charge on any atom is -0.450 e. The molecule has 0 unspecified atom stereocenters. The van der Waals surface area contributed by atoms with Crippen LogP contribution in [0.4, 0.5) is 5.69 Å². The largest absolute Gasteiger partial charge is 0.450 e. The lowest BCUT2D eigenvalue weighted by Gasteiger charge is -2.23. The molecule has 0 aliphatic carbocycles. The molecule has 1 N–H and O–H groups in total. The Hall–Kier alpha value is -1.89. The molecule has 1 saturated heterocycles. The second-order valence-electron chi connectivity index (χ2n) is 5.61. The monoisotopic (exact) mass is 295 g/mol. The number of esters is 1. The first-order valence-corrected chi connectivity index (χ1v) is 7.01. The Morgan fingerprint density at radius 2 is 2.10 bits per heavy atom. The molecule has 0 atom stereocenters. The second-order valence-corrected chi connectivity index (χ2v) is 5.61. The Bertz CT molecular complexity index is 518. The molecular weight excluding hydrogens is 274 g/mol. The van der Waals surface area contributed by atoms with Crippen molar-refractivity contribution >= 4 is 17.6 Å². The lowest BCUT2D eigenvalue weighted by molar-refractivity contribution is -0.160. The van der Waals surface area contributed by atoms with Crippen molar-refractivity contribution in [2.24, 2.45) is 0 Å². The molecule has 1 fully saturated rings. The maximum atomic E-state index is 12.1. The number of carbonyl (C=O) groups is 2. The second kappa shape index (κ2) is 6.26. The number of amides is 1. The molecule has 0 saturated carbocycles. The van der Waals surface area contributed by atoms with Crippen molar-refractivity contribution in [2.75, 3.05) is 18.5 Å². The maximum absolute atomic E-state index is 12.1. The minimum absolute atomic E-state index is 0.297. The zero-order valence-corrected chi connectivity index (χ0v) is 12.6. The van der Waals surface area contributed by atoms with Crippen molar-refractivity contribution in [2.45, 2.75) is 45.3 Å². The summed E-state index contributed by atoms with van der Waals surface area (Å²) in [4.78, 5) is 23.1. The third kappa shape index (κ3) is 4.04. The van der Waals surface area contributed by atoms with E-state index in [1.165, 1.54) is 6.92 Å². The molecule has 0 aromatic carbocycles. The Morgan fingerprint density at radius 1 is 1.43 bits per heavy atom. The molecule has 1 aliphatic heterocycles. The molecule has 1 aliphatic rings. The number of nitrogens with zero attached hydrogens (tertiary/aromatic N) is 2. The van der Waals surface area contributed by atoms with E-state index in [-0.39, 0.29) is 5.91 Å². The Labute approximate surface area is 123 Å². The van der Waals surface area contributed by atoms with Gasteiger partial charge < -0.3 is 14.8 Å². The lowest BCUT2D eigenvalue weighted by Crippen LogP contribution is -2.41. The molecule has 0 radical (unpaired) electrons. The van der Waals surface area contributed by atoms with Crippen LogP contribution < -0.4 is 5.32 Å². The summed E-state index contributed by atoms with van der Waals surface area (Å²) in [5.41, 5.74) is -0.626. The molecule has 116 valence electrons. The molecular formula is C14H21N3O4. The van der Waals surface area contributed by atoms with Crippen molar-refractivity contribution < 1.29 is 19.1 Å². The fourth-order valence-electron chi connectivity index (χ4n) is 2.24. The van der Waals surface area contributed by atoms with E-state index in [0.717, 1.165) is 26.1 Å². The zero-order valence-electron chi connectivity index (χ0n) is 12.6. The van der Waals surface area contributed by atoms with Crippen LogP contribution in [0.15, 0.2) is 12.4 Å². The van der Waals surface area contributed by atoms with Crippen molar-refractivity contribution in [3.05, 3.63) is 12.4 Å². The smallest absolute Gasteiger partial charge is 0.303 e. The molecule has 1 aromatic rings. The number of aromatic nitrogens is 2. The van der Waals surface area contributed by atoms with Crippen LogP contribution in [0.5, 0.6) is 0 Å². The van der Waals surface area contributed by atoms with Gasteiger partial charge in [-0.2, -0.15) is 5.10 Å². The van der Waals surface area contributed by atoms with Crippen molar-refractivity contribution in [3.63, 3.8) is 0 Å². The highest BCUT2D eigenvalue weighted by molar-refractivity contribution is 5.97. The van der Waals surface area contributed by atoms with E-state index in [1.54, 1.807) is 26.2 Å². The predicted octanol–water partition coefficient (Wildman–Crippen LogP) is 1.51. The van der Waals surface area contributed by atoms with Crippen LogP contribution in [0.3, 0.4) is 0 Å². The molecule has 0 spiro atoms. The van der Waals surface area contributed by atoms with Gasteiger partial charge in [-0.15, -0.1) is 0 Å². The van der Waals surface area contributed by atoms with Gasteiger partial charge in [0.05, 0.1) is 17.9 Å². The van der Waals surface area contributed by atoms with E-state index < -0.39 is 11.6 Å². The molecule has 1 aromatic heterocycles. The Morgan fingerprint density at radius 3 is 2.71 bits per heavy atom. The maximum Gasteiger partial charge on any atom is 0.303 e. The van der Waals surface area contributed by atoms with Gasteiger partial charge in [-0.05, 0) is 26.7 Å². The lowest BCUT2D eigenvalue weighted by atomic mass is 10.1. The van der Waals surface area contributed by atoms with Crippen molar-refractivity contribution in [3.8, 4) is 0 Å². The van der Waals surface area contributed by atoms with E-state index in [0.29, 0.717) is 11.7 Å². The molecule has 1 amide bonds. The van der Waals surface area contributed by atoms with Gasteiger partial charge >= 0.3 is 5.97 Å². The molecule has 7 heteroatoms. The van der Waals surface area contributed by atoms with E-state index >= 15 is 0 Å². The minimum atomic E-state index is -1.22. The molecule has 7 nitrogen and oxygen atoms in total. The summed E-state index contributed by atoms with van der Waals surface area (Å²) in [6, 6.07) is 0.297. The SMILES string of the molecule is CC(=O)OC(C)(C)C(=O)Nc1cnn(C2CCOCC2)c1. The van der Waals surface area contributed by atoms with Crippen LogP contribution in [0.2, 0.25) is 0 Å². The highest BCUT2D eigenvalue weighted by Gasteiger charge is 2.31. The molecule has 2 rings (SSSR count). The number of ether oxygens (including phenoxy) is 2. The normalized spacial score (nSPS) is 16.5. The highest BCUT2D eigenvalue weighted by atomic mass is 16.6. The van der Waals surface area contributed by atoms with Gasteiger partial charge in [0, 0.05) is 26.3 Å². The van der Waals surface area contributed by atoms with Gasteiger partial charge in [0.1, 0.15) is 0 Å². The van der Waals surface area contributed by atoms with E-state index in [4.69, 9.17) is 9.47 Å². The average Bonchev–Trinajstić information content (AvgIpc) is 2.87. The first kappa shape index (κ1) is 15.5. The number of hydrogen-bond donors (Lipinski definition) is 1. The number of carbonyl (C=O) groups excluding carboxylic acids is 2. The Kier molecular flexibility index (Phi) is 4.62. The number of hydrogen-bond acceptors (Lipinski definition) is 5. The first-order valence-electron chi connectivity index (χ1n) is 7.01. The quantitative estimate of drug-likeness (QED) is 0.851. The fraction of sp³-hybridized carbons (Fsp3) is 0.643. The van der Waals surface area contributed by atoms with Gasteiger partial charge in [-0.3, -0.25) is 14.3 Å². The third-order valence-electron chi connectivity index (χ3n) is 3.37. The predicted molar refractivity (Wildman–Crippen MR) is 75.8 cm³/mol. The van der Waals surface area contributed by atoms with Crippen LogP contribution in [-0.2, 0) is 19.1 Å². The molecule has 0 bridgehead atoms. The van der Waals surface area contributed by atoms with E-state index in [1.807, 2.05) is 4.68 Å². The summed E-state index contributed by atoms with van der Waals surface area (Å²) < 4.78 is 12.2. The summed E-state index contributed by atoms with van der Waals surface area (Å²) in [6.07, 6.45) is 5.21. The summed E-state index contributed by atoms with van der Waals surface area (Å²) in [5.74, 6) is -0.878. The Balaban J connectivity index is 1.98. The van der Waals surface area contributed by atoms with Crippen LogP contribution in [0.1, 0.15) is 39.7 Å². The van der Waals surface area contributed by atoms with Crippen LogP contribution >= 0.6 is 0 Å². The standard InChI is InChI=1S/C14H21N3O4/c1-10(18)21-14(2,3)13(19)16-11-8-15-17(9-11)12-4-6-20-7-5-12/h8-9,12H,4-7H2,1-3H3,(H,16,19). The fourth-order valence-corrected chi connectivity index (χ4v) is 2.24. The van der Waals surface area contributed by atoms with Gasteiger partial charge in [0.25, 0.3) is 5.91 Å². The molecule has 21 heavy (non-hydrogen) atoms. The van der Waals surface area contributed by atoms with E-state index in [9.17, 15) is 9.59 Å². The summed E-state index contributed by atoms with van der Waals surface area (Å²) in [6.45, 7) is 5.83. The zero-order chi connectivity index (χ0) is 15.5.